The van der Waals surface area contributed by atoms with Gasteiger partial charge in [0.2, 0.25) is 5.91 Å². The summed E-state index contributed by atoms with van der Waals surface area (Å²) in [5.41, 5.74) is 0. The quantitative estimate of drug-likeness (QED) is 0.404. The molecule has 0 N–H and O–H groups in total. The summed E-state index contributed by atoms with van der Waals surface area (Å²) in [6.07, 6.45) is 1.29. The summed E-state index contributed by atoms with van der Waals surface area (Å²) in [5.74, 6) is 2.60. The Bertz CT molecular complexity index is 614. The van der Waals surface area contributed by atoms with Gasteiger partial charge >= 0.3 is 6.18 Å². The highest BCUT2D eigenvalue weighted by atomic mass is 35.5. The van der Waals surface area contributed by atoms with E-state index in [2.05, 4.69) is 10.9 Å². The number of nitrogens with zero attached hydrogens (tertiary/aromatic N) is 2. The summed E-state index contributed by atoms with van der Waals surface area (Å²) in [5, 5.41) is 1.56. The fraction of sp³-hybridized carbons (Fsp3) is 0.625. The van der Waals surface area contributed by atoms with Crippen molar-refractivity contribution >= 4 is 45.6 Å². The molecule has 1 amide bonds. The molecule has 0 aliphatic rings. The third kappa shape index (κ3) is 7.47. The molecule has 9 heteroatoms. The van der Waals surface area contributed by atoms with Crippen molar-refractivity contribution < 1.29 is 18.0 Å². The first-order chi connectivity index (χ1) is 11.7. The predicted molar refractivity (Wildman–Crippen MR) is 99.6 cm³/mol. The van der Waals surface area contributed by atoms with E-state index < -0.39 is 12.6 Å². The van der Waals surface area contributed by atoms with Gasteiger partial charge in [0.05, 0.1) is 18.0 Å². The Balaban J connectivity index is 2.68. The molecular weight excluding hydrogens is 393 g/mol. The number of carbonyl (C=O) groups excluding carboxylic acids is 1. The van der Waals surface area contributed by atoms with Gasteiger partial charge in [-0.05, 0) is 6.42 Å². The van der Waals surface area contributed by atoms with Crippen molar-refractivity contribution in [3.63, 3.8) is 0 Å². The SMILES string of the molecule is C#CCN(C(=O)CCSCCC(F)(F)F)c1sc(C(C)CC)nc1Cl. The van der Waals surface area contributed by atoms with E-state index in [-0.39, 0.29) is 35.7 Å². The van der Waals surface area contributed by atoms with Crippen LogP contribution >= 0.6 is 34.7 Å². The molecular formula is C16H20ClF3N2OS2. The van der Waals surface area contributed by atoms with Crippen LogP contribution in [0, 0.1) is 12.3 Å². The first-order valence-corrected chi connectivity index (χ1v) is 10.1. The highest BCUT2D eigenvalue weighted by Crippen LogP contribution is 2.37. The van der Waals surface area contributed by atoms with Crippen LogP contribution in [0.25, 0.3) is 0 Å². The van der Waals surface area contributed by atoms with E-state index in [4.69, 9.17) is 18.0 Å². The maximum Gasteiger partial charge on any atom is 0.389 e. The van der Waals surface area contributed by atoms with E-state index in [0.29, 0.717) is 10.8 Å². The number of amides is 1. The topological polar surface area (TPSA) is 33.2 Å². The van der Waals surface area contributed by atoms with Gasteiger partial charge in [0, 0.05) is 23.8 Å². The maximum atomic E-state index is 12.4. The average Bonchev–Trinajstić information content (AvgIpc) is 2.91. The molecule has 1 unspecified atom stereocenters. The zero-order valence-electron chi connectivity index (χ0n) is 14.0. The van der Waals surface area contributed by atoms with Crippen molar-refractivity contribution in [3.8, 4) is 12.3 Å². The zero-order chi connectivity index (χ0) is 19.0. The fourth-order valence-electron chi connectivity index (χ4n) is 1.81. The van der Waals surface area contributed by atoms with Crippen LogP contribution in [0.3, 0.4) is 0 Å². The van der Waals surface area contributed by atoms with Crippen molar-refractivity contribution in [2.45, 2.75) is 45.2 Å². The number of thioether (sulfide) groups is 1. The predicted octanol–water partition coefficient (Wildman–Crippen LogP) is 5.35. The second-order valence-corrected chi connectivity index (χ2v) is 7.96. The molecule has 1 atom stereocenters. The Morgan fingerprint density at radius 2 is 2.16 bits per heavy atom. The van der Waals surface area contributed by atoms with E-state index >= 15 is 0 Å². The summed E-state index contributed by atoms with van der Waals surface area (Å²) in [6.45, 7) is 4.10. The largest absolute Gasteiger partial charge is 0.389 e. The van der Waals surface area contributed by atoms with Crippen molar-refractivity contribution in [3.05, 3.63) is 10.2 Å². The lowest BCUT2D eigenvalue weighted by molar-refractivity contribution is -0.129. The minimum absolute atomic E-state index is 0.0495. The number of thiazole rings is 1. The van der Waals surface area contributed by atoms with Crippen molar-refractivity contribution in [2.75, 3.05) is 23.0 Å². The van der Waals surface area contributed by atoms with Crippen LogP contribution in [0.2, 0.25) is 5.15 Å². The van der Waals surface area contributed by atoms with Crippen LogP contribution in [0.1, 0.15) is 44.0 Å². The molecule has 0 radical (unpaired) electrons. The molecule has 0 aromatic carbocycles. The molecule has 0 aliphatic heterocycles. The molecule has 0 saturated heterocycles. The lowest BCUT2D eigenvalue weighted by Crippen LogP contribution is -2.31. The van der Waals surface area contributed by atoms with Gasteiger partial charge in [0.25, 0.3) is 0 Å². The summed E-state index contributed by atoms with van der Waals surface area (Å²) >= 11 is 8.58. The minimum Gasteiger partial charge on any atom is -0.289 e. The number of aromatic nitrogens is 1. The molecule has 0 bridgehead atoms. The van der Waals surface area contributed by atoms with Crippen LogP contribution in [-0.4, -0.2) is 35.1 Å². The van der Waals surface area contributed by atoms with E-state index in [1.54, 1.807) is 0 Å². The summed E-state index contributed by atoms with van der Waals surface area (Å²) in [4.78, 5) is 18.1. The smallest absolute Gasteiger partial charge is 0.289 e. The summed E-state index contributed by atoms with van der Waals surface area (Å²) < 4.78 is 36.3. The number of hydrogen-bond acceptors (Lipinski definition) is 4. The first-order valence-electron chi connectivity index (χ1n) is 7.74. The average molecular weight is 413 g/mol. The molecule has 1 rings (SSSR count). The molecule has 3 nitrogen and oxygen atoms in total. The van der Waals surface area contributed by atoms with Gasteiger partial charge in [-0.1, -0.05) is 42.7 Å². The maximum absolute atomic E-state index is 12.4. The Morgan fingerprint density at radius 3 is 2.72 bits per heavy atom. The first kappa shape index (κ1) is 22.1. The molecule has 140 valence electrons. The van der Waals surface area contributed by atoms with E-state index in [9.17, 15) is 18.0 Å². The van der Waals surface area contributed by atoms with Crippen LogP contribution in [0.4, 0.5) is 18.2 Å². The van der Waals surface area contributed by atoms with E-state index in [1.165, 1.54) is 16.2 Å². The number of carbonyl (C=O) groups is 1. The Hall–Kier alpha value is -0.910. The molecule has 1 aromatic heterocycles. The number of terminal acetylenes is 1. The van der Waals surface area contributed by atoms with Crippen LogP contribution in [0.5, 0.6) is 0 Å². The van der Waals surface area contributed by atoms with Crippen LogP contribution < -0.4 is 4.90 Å². The highest BCUT2D eigenvalue weighted by Gasteiger charge is 2.26. The lowest BCUT2D eigenvalue weighted by atomic mass is 10.1. The van der Waals surface area contributed by atoms with Crippen molar-refractivity contribution in [1.29, 1.82) is 0 Å². The Morgan fingerprint density at radius 1 is 1.48 bits per heavy atom. The van der Waals surface area contributed by atoms with Gasteiger partial charge in [-0.15, -0.1) is 6.42 Å². The molecule has 0 fully saturated rings. The second kappa shape index (κ2) is 10.3. The van der Waals surface area contributed by atoms with Gasteiger partial charge in [-0.3, -0.25) is 9.69 Å². The number of rotatable bonds is 9. The number of anilines is 1. The summed E-state index contributed by atoms with van der Waals surface area (Å²) in [6, 6.07) is 0. The number of halogens is 4. The van der Waals surface area contributed by atoms with E-state index in [0.717, 1.165) is 23.2 Å². The zero-order valence-corrected chi connectivity index (χ0v) is 16.4. The fourth-order valence-corrected chi connectivity index (χ4v) is 4.18. The third-order valence-corrected chi connectivity index (χ3v) is 6.08. The van der Waals surface area contributed by atoms with Gasteiger partial charge in [-0.25, -0.2) is 4.98 Å². The highest BCUT2D eigenvalue weighted by molar-refractivity contribution is 7.99. The van der Waals surface area contributed by atoms with Gasteiger partial charge in [0.1, 0.15) is 5.00 Å². The second-order valence-electron chi connectivity index (χ2n) is 5.37. The normalized spacial score (nSPS) is 12.7. The molecule has 0 aliphatic carbocycles. The Kier molecular flexibility index (Phi) is 9.11. The van der Waals surface area contributed by atoms with Gasteiger partial charge in [0.15, 0.2) is 5.15 Å². The third-order valence-electron chi connectivity index (χ3n) is 3.41. The standard InChI is InChI=1S/C16H20ClF3N2OS2/c1-4-8-22(12(23)6-9-24-10-7-16(18,19)20)15-13(17)21-14(25-15)11(3)5-2/h1,11H,5-10H2,2-3H3. The lowest BCUT2D eigenvalue weighted by Gasteiger charge is -2.18. The van der Waals surface area contributed by atoms with E-state index in [1.807, 2.05) is 13.8 Å². The molecule has 1 aromatic rings. The summed E-state index contributed by atoms with van der Waals surface area (Å²) in [7, 11) is 0. The molecule has 0 spiro atoms. The molecule has 1 heterocycles. The molecule has 25 heavy (non-hydrogen) atoms. The minimum atomic E-state index is -4.17. The van der Waals surface area contributed by atoms with Gasteiger partial charge in [-0.2, -0.15) is 24.9 Å². The number of hydrogen-bond donors (Lipinski definition) is 0. The molecule has 0 saturated carbocycles. The van der Waals surface area contributed by atoms with Gasteiger partial charge < -0.3 is 0 Å². The van der Waals surface area contributed by atoms with Crippen molar-refractivity contribution in [1.82, 2.24) is 4.98 Å². The van der Waals surface area contributed by atoms with Crippen molar-refractivity contribution in [2.24, 2.45) is 0 Å². The monoisotopic (exact) mass is 412 g/mol. The Labute approximate surface area is 159 Å². The van der Waals surface area contributed by atoms with Crippen LogP contribution in [-0.2, 0) is 4.79 Å². The van der Waals surface area contributed by atoms with Crippen LogP contribution in [0.15, 0.2) is 0 Å². The number of alkyl halides is 3.